The van der Waals surface area contributed by atoms with Gasteiger partial charge in [-0.1, -0.05) is 0 Å². The number of fused-ring (bicyclic) bond motifs is 1. The second-order valence-corrected chi connectivity index (χ2v) is 8.84. The summed E-state index contributed by atoms with van der Waals surface area (Å²) in [4.78, 5) is 24.5. The van der Waals surface area contributed by atoms with Gasteiger partial charge in [-0.2, -0.15) is 26.3 Å². The summed E-state index contributed by atoms with van der Waals surface area (Å²) in [6, 6.07) is 4.57. The first kappa shape index (κ1) is 31.7. The van der Waals surface area contributed by atoms with E-state index in [9.17, 15) is 26.3 Å². The molecule has 0 spiro atoms. The summed E-state index contributed by atoms with van der Waals surface area (Å²) in [6.45, 7) is 5.61. The number of carbonyl (C=O) groups is 2. The van der Waals surface area contributed by atoms with Crippen LogP contribution in [0.5, 0.6) is 0 Å². The van der Waals surface area contributed by atoms with Crippen LogP contribution in [-0.4, -0.2) is 95.5 Å². The fourth-order valence-corrected chi connectivity index (χ4v) is 4.34. The molecule has 1 aromatic rings. The Morgan fingerprint density at radius 3 is 2.03 bits per heavy atom. The van der Waals surface area contributed by atoms with Crippen molar-refractivity contribution in [1.82, 2.24) is 9.88 Å². The quantitative estimate of drug-likeness (QED) is 0.522. The molecule has 0 bridgehead atoms. The summed E-state index contributed by atoms with van der Waals surface area (Å²) >= 11 is 0. The molecule has 2 aliphatic heterocycles. The molecule has 0 radical (unpaired) electrons. The van der Waals surface area contributed by atoms with E-state index in [0.29, 0.717) is 12.6 Å². The molecule has 3 heterocycles. The van der Waals surface area contributed by atoms with Gasteiger partial charge in [0, 0.05) is 44.7 Å². The lowest BCUT2D eigenvalue weighted by Gasteiger charge is -2.41. The minimum Gasteiger partial charge on any atom is -0.475 e. The summed E-state index contributed by atoms with van der Waals surface area (Å²) < 4.78 is 81.3. The van der Waals surface area contributed by atoms with Gasteiger partial charge in [-0.15, -0.1) is 0 Å². The molecule has 3 fully saturated rings. The normalized spacial score (nSPS) is 24.3. The summed E-state index contributed by atoms with van der Waals surface area (Å²) in [6.07, 6.45) is -1.36. The second kappa shape index (κ2) is 14.6. The van der Waals surface area contributed by atoms with Crippen molar-refractivity contribution in [1.29, 1.82) is 0 Å². The number of carboxylic acids is 2. The van der Waals surface area contributed by atoms with Crippen molar-refractivity contribution in [3.63, 3.8) is 0 Å². The first-order valence-corrected chi connectivity index (χ1v) is 11.8. The minimum absolute atomic E-state index is 0.223. The van der Waals surface area contributed by atoms with Crippen LogP contribution < -0.4 is 0 Å². The third-order valence-corrected chi connectivity index (χ3v) is 6.18. The Morgan fingerprint density at radius 2 is 1.50 bits per heavy atom. The van der Waals surface area contributed by atoms with Gasteiger partial charge < -0.3 is 24.4 Å². The van der Waals surface area contributed by atoms with Crippen LogP contribution in [0.1, 0.15) is 31.2 Å². The van der Waals surface area contributed by atoms with Crippen LogP contribution in [0.3, 0.4) is 0 Å². The molecule has 3 aliphatic rings. The highest BCUT2D eigenvalue weighted by atomic mass is 19.4. The number of carboxylic acid groups (broad SMARTS) is 2. The van der Waals surface area contributed by atoms with Crippen LogP contribution in [0.4, 0.5) is 26.3 Å². The van der Waals surface area contributed by atoms with Gasteiger partial charge in [-0.3, -0.25) is 9.88 Å². The van der Waals surface area contributed by atoms with E-state index < -0.39 is 24.3 Å². The lowest BCUT2D eigenvalue weighted by atomic mass is 9.98. The maximum absolute atomic E-state index is 10.6. The number of aliphatic carboxylic acids is 2. The largest absolute Gasteiger partial charge is 0.490 e. The molecule has 15 heteroatoms. The molecule has 2 saturated heterocycles. The van der Waals surface area contributed by atoms with Gasteiger partial charge >= 0.3 is 24.3 Å². The van der Waals surface area contributed by atoms with Gasteiger partial charge in [-0.05, 0) is 49.3 Å². The number of hydrogen-bond acceptors (Lipinski definition) is 7. The highest BCUT2D eigenvalue weighted by molar-refractivity contribution is 5.73. The molecule has 9 nitrogen and oxygen atoms in total. The van der Waals surface area contributed by atoms with Crippen molar-refractivity contribution in [2.75, 3.05) is 32.9 Å². The molecule has 216 valence electrons. The van der Waals surface area contributed by atoms with E-state index in [1.165, 1.54) is 31.4 Å². The van der Waals surface area contributed by atoms with Gasteiger partial charge in [-0.25, -0.2) is 9.59 Å². The summed E-state index contributed by atoms with van der Waals surface area (Å²) in [5, 5.41) is 14.2. The minimum atomic E-state index is -5.08. The van der Waals surface area contributed by atoms with Crippen LogP contribution in [0.15, 0.2) is 24.5 Å². The van der Waals surface area contributed by atoms with Gasteiger partial charge in [0.1, 0.15) is 0 Å². The third-order valence-electron chi connectivity index (χ3n) is 6.18. The van der Waals surface area contributed by atoms with E-state index in [2.05, 4.69) is 9.88 Å². The number of alkyl halides is 6. The maximum atomic E-state index is 10.6. The third kappa shape index (κ3) is 10.7. The molecule has 2 N–H and O–H groups in total. The Hall–Kier alpha value is -2.49. The SMILES string of the molecule is O=C(O)C(F)(F)F.O=C(O)C(F)(F)F.c1cc(CO[C@@H]2CC[C@H]3[C@H]2OCCN3CC2CCOCC2)ccn1. The smallest absolute Gasteiger partial charge is 0.475 e. The van der Waals surface area contributed by atoms with E-state index in [1.807, 2.05) is 24.5 Å². The van der Waals surface area contributed by atoms with E-state index in [1.54, 1.807) is 0 Å². The van der Waals surface area contributed by atoms with Crippen LogP contribution in [0.25, 0.3) is 0 Å². The summed E-state index contributed by atoms with van der Waals surface area (Å²) in [7, 11) is 0. The Labute approximate surface area is 214 Å². The summed E-state index contributed by atoms with van der Waals surface area (Å²) in [5.74, 6) is -4.73. The van der Waals surface area contributed by atoms with E-state index in [0.717, 1.165) is 38.7 Å². The zero-order valence-corrected chi connectivity index (χ0v) is 20.3. The molecule has 1 aliphatic carbocycles. The Kier molecular flexibility index (Phi) is 12.2. The van der Waals surface area contributed by atoms with Crippen molar-refractivity contribution in [3.8, 4) is 0 Å². The molecule has 38 heavy (non-hydrogen) atoms. The van der Waals surface area contributed by atoms with Gasteiger partial charge in [0.15, 0.2) is 0 Å². The predicted molar refractivity (Wildman–Crippen MR) is 118 cm³/mol. The molecule has 0 aromatic carbocycles. The van der Waals surface area contributed by atoms with Crippen molar-refractivity contribution in [3.05, 3.63) is 30.1 Å². The Morgan fingerprint density at radius 1 is 0.947 bits per heavy atom. The topological polar surface area (TPSA) is 118 Å². The van der Waals surface area contributed by atoms with Gasteiger partial charge in [0.2, 0.25) is 0 Å². The molecular formula is C23H30F6N2O7. The molecule has 0 amide bonds. The average Bonchev–Trinajstić information content (AvgIpc) is 3.28. The van der Waals surface area contributed by atoms with Crippen LogP contribution in [0, 0.1) is 5.92 Å². The number of nitrogens with zero attached hydrogens (tertiary/aromatic N) is 2. The molecule has 1 saturated carbocycles. The fraction of sp³-hybridized carbons (Fsp3) is 0.696. The monoisotopic (exact) mass is 560 g/mol. The highest BCUT2D eigenvalue weighted by Crippen LogP contribution is 2.33. The molecule has 1 aromatic heterocycles. The second-order valence-electron chi connectivity index (χ2n) is 8.84. The molecule has 4 rings (SSSR count). The fourth-order valence-electron chi connectivity index (χ4n) is 4.34. The number of aromatic nitrogens is 1. The number of halogens is 6. The lowest BCUT2D eigenvalue weighted by Crippen LogP contribution is -2.53. The first-order valence-electron chi connectivity index (χ1n) is 11.8. The lowest BCUT2D eigenvalue weighted by molar-refractivity contribution is -0.193. The van der Waals surface area contributed by atoms with Crippen molar-refractivity contribution < 1.29 is 60.4 Å². The number of ether oxygens (including phenoxy) is 3. The van der Waals surface area contributed by atoms with Crippen LogP contribution in [0.2, 0.25) is 0 Å². The number of morpholine rings is 1. The van der Waals surface area contributed by atoms with E-state index >= 15 is 0 Å². The van der Waals surface area contributed by atoms with Gasteiger partial charge in [0.25, 0.3) is 0 Å². The number of rotatable bonds is 5. The number of pyridine rings is 1. The molecular weight excluding hydrogens is 530 g/mol. The number of hydrogen-bond donors (Lipinski definition) is 2. The Balaban J connectivity index is 0.000000301. The standard InChI is InChI=1S/C19H28N2O3.2C2HF3O2/c1-2-18(24-14-16-3-7-20-8-4-16)19-17(1)21(9-12-23-19)13-15-5-10-22-11-6-15;2*3-2(4,5)1(6)7/h3-4,7-8,15,17-19H,1-2,5-6,9-14H2;2*(H,6,7)/t17-,18+,19+;;/m0../s1. The van der Waals surface area contributed by atoms with Crippen LogP contribution >= 0.6 is 0 Å². The maximum Gasteiger partial charge on any atom is 0.490 e. The highest BCUT2D eigenvalue weighted by Gasteiger charge is 2.44. The summed E-state index contributed by atoms with van der Waals surface area (Å²) in [5.41, 5.74) is 1.18. The molecule has 0 unspecified atom stereocenters. The first-order chi connectivity index (χ1) is 17.8. The van der Waals surface area contributed by atoms with Gasteiger partial charge in [0.05, 0.1) is 25.4 Å². The van der Waals surface area contributed by atoms with Crippen LogP contribution in [-0.2, 0) is 30.4 Å². The van der Waals surface area contributed by atoms with Crippen molar-refractivity contribution >= 4 is 11.9 Å². The van der Waals surface area contributed by atoms with Crippen molar-refractivity contribution in [2.24, 2.45) is 5.92 Å². The zero-order chi connectivity index (χ0) is 28.3. The Bertz CT molecular complexity index is 842. The average molecular weight is 560 g/mol. The van der Waals surface area contributed by atoms with E-state index in [4.69, 9.17) is 34.0 Å². The zero-order valence-electron chi connectivity index (χ0n) is 20.3. The predicted octanol–water partition coefficient (Wildman–Crippen LogP) is 3.52. The molecule has 3 atom stereocenters. The van der Waals surface area contributed by atoms with Crippen molar-refractivity contribution in [2.45, 2.75) is 62.9 Å². The van der Waals surface area contributed by atoms with E-state index in [-0.39, 0.29) is 12.2 Å².